The van der Waals surface area contributed by atoms with Crippen molar-refractivity contribution >= 4 is 0 Å². The summed E-state index contributed by atoms with van der Waals surface area (Å²) in [6, 6.07) is 0.753. The topological polar surface area (TPSA) is 15.3 Å². The first-order valence-electron chi connectivity index (χ1n) is 7.20. The Labute approximate surface area is 103 Å². The van der Waals surface area contributed by atoms with Gasteiger partial charge in [0.1, 0.15) is 0 Å². The monoisotopic (exact) mass is 228 g/mol. The third kappa shape index (κ3) is 8.12. The third-order valence-electron chi connectivity index (χ3n) is 3.35. The van der Waals surface area contributed by atoms with Gasteiger partial charge in [0.05, 0.1) is 0 Å². The molecule has 0 saturated heterocycles. The summed E-state index contributed by atoms with van der Waals surface area (Å²) in [7, 11) is 0. The molecule has 0 aliphatic rings. The zero-order valence-corrected chi connectivity index (χ0v) is 11.9. The Morgan fingerprint density at radius 3 is 2.31 bits per heavy atom. The minimum Gasteiger partial charge on any atom is -0.317 e. The maximum Gasteiger partial charge on any atom is 0.00641 e. The molecule has 0 fully saturated rings. The molecular formula is C14H32N2. The summed E-state index contributed by atoms with van der Waals surface area (Å²) in [6.07, 6.45) is 6.57. The van der Waals surface area contributed by atoms with Crippen LogP contribution in [0.4, 0.5) is 0 Å². The molecular weight excluding hydrogens is 196 g/mol. The highest BCUT2D eigenvalue weighted by Crippen LogP contribution is 2.05. The van der Waals surface area contributed by atoms with Gasteiger partial charge < -0.3 is 10.2 Å². The SMILES string of the molecule is CCCNCCCCCN(CC)C(C)CC. The molecule has 0 aromatic carbocycles. The lowest BCUT2D eigenvalue weighted by molar-refractivity contribution is 0.210. The van der Waals surface area contributed by atoms with Crippen LogP contribution in [0.5, 0.6) is 0 Å². The van der Waals surface area contributed by atoms with Crippen molar-refractivity contribution < 1.29 is 0 Å². The molecule has 0 radical (unpaired) electrons. The first kappa shape index (κ1) is 15.9. The van der Waals surface area contributed by atoms with E-state index in [4.69, 9.17) is 0 Å². The van der Waals surface area contributed by atoms with Crippen molar-refractivity contribution in [1.29, 1.82) is 0 Å². The largest absolute Gasteiger partial charge is 0.317 e. The molecule has 0 bridgehead atoms. The van der Waals surface area contributed by atoms with Gasteiger partial charge in [-0.2, -0.15) is 0 Å². The molecule has 0 spiro atoms. The fourth-order valence-electron chi connectivity index (χ4n) is 1.99. The van der Waals surface area contributed by atoms with E-state index in [2.05, 4.69) is 37.9 Å². The summed E-state index contributed by atoms with van der Waals surface area (Å²) in [4.78, 5) is 2.60. The average molecular weight is 228 g/mol. The standard InChI is InChI=1S/C14H32N2/c1-5-11-15-12-9-8-10-13-16(7-3)14(4)6-2/h14-15H,5-13H2,1-4H3. The molecule has 1 N–H and O–H groups in total. The zero-order chi connectivity index (χ0) is 12.2. The fraction of sp³-hybridized carbons (Fsp3) is 1.00. The van der Waals surface area contributed by atoms with Gasteiger partial charge in [0.15, 0.2) is 0 Å². The smallest absolute Gasteiger partial charge is 0.00641 e. The number of rotatable bonds is 11. The normalized spacial score (nSPS) is 13.3. The zero-order valence-electron chi connectivity index (χ0n) is 11.9. The van der Waals surface area contributed by atoms with Gasteiger partial charge in [-0.05, 0) is 58.8 Å². The molecule has 0 rings (SSSR count). The van der Waals surface area contributed by atoms with E-state index in [1.165, 1.54) is 58.3 Å². The van der Waals surface area contributed by atoms with Crippen molar-refractivity contribution in [2.75, 3.05) is 26.2 Å². The molecule has 0 aromatic rings. The number of nitrogens with one attached hydrogen (secondary N) is 1. The average Bonchev–Trinajstić information content (AvgIpc) is 2.32. The summed E-state index contributed by atoms with van der Waals surface area (Å²) in [5, 5.41) is 3.46. The fourth-order valence-corrected chi connectivity index (χ4v) is 1.99. The summed E-state index contributed by atoms with van der Waals surface area (Å²) < 4.78 is 0. The number of unbranched alkanes of at least 4 members (excludes halogenated alkanes) is 2. The Kier molecular flexibility index (Phi) is 11.3. The molecule has 0 aliphatic carbocycles. The van der Waals surface area contributed by atoms with E-state index in [-0.39, 0.29) is 0 Å². The van der Waals surface area contributed by atoms with Crippen molar-refractivity contribution in [3.8, 4) is 0 Å². The molecule has 0 aliphatic heterocycles. The van der Waals surface area contributed by atoms with E-state index in [1.807, 2.05) is 0 Å². The second kappa shape index (κ2) is 11.4. The van der Waals surface area contributed by atoms with E-state index in [1.54, 1.807) is 0 Å². The highest BCUT2D eigenvalue weighted by Gasteiger charge is 2.08. The maximum atomic E-state index is 3.46. The van der Waals surface area contributed by atoms with Crippen LogP contribution >= 0.6 is 0 Å². The molecule has 1 atom stereocenters. The molecule has 98 valence electrons. The predicted molar refractivity (Wildman–Crippen MR) is 74.0 cm³/mol. The van der Waals surface area contributed by atoms with Crippen LogP contribution in [0.2, 0.25) is 0 Å². The highest BCUT2D eigenvalue weighted by molar-refractivity contribution is 4.64. The Balaban J connectivity index is 3.34. The van der Waals surface area contributed by atoms with Crippen LogP contribution in [0.15, 0.2) is 0 Å². The number of hydrogen-bond donors (Lipinski definition) is 1. The molecule has 2 nitrogen and oxygen atoms in total. The molecule has 0 aromatic heterocycles. The first-order valence-corrected chi connectivity index (χ1v) is 7.20. The van der Waals surface area contributed by atoms with Gasteiger partial charge in [0.2, 0.25) is 0 Å². The van der Waals surface area contributed by atoms with Gasteiger partial charge in [-0.25, -0.2) is 0 Å². The van der Waals surface area contributed by atoms with Gasteiger partial charge in [-0.1, -0.05) is 27.2 Å². The van der Waals surface area contributed by atoms with E-state index in [9.17, 15) is 0 Å². The molecule has 0 amide bonds. The van der Waals surface area contributed by atoms with E-state index in [0.717, 1.165) is 6.04 Å². The van der Waals surface area contributed by atoms with Crippen molar-refractivity contribution in [1.82, 2.24) is 10.2 Å². The number of nitrogens with zero attached hydrogens (tertiary/aromatic N) is 1. The van der Waals surface area contributed by atoms with E-state index < -0.39 is 0 Å². The van der Waals surface area contributed by atoms with Gasteiger partial charge in [0.25, 0.3) is 0 Å². The van der Waals surface area contributed by atoms with E-state index in [0.29, 0.717) is 0 Å². The Morgan fingerprint density at radius 2 is 1.75 bits per heavy atom. The van der Waals surface area contributed by atoms with Crippen LogP contribution in [0, 0.1) is 0 Å². The second-order valence-corrected chi connectivity index (χ2v) is 4.70. The van der Waals surface area contributed by atoms with Crippen molar-refractivity contribution in [2.24, 2.45) is 0 Å². The third-order valence-corrected chi connectivity index (χ3v) is 3.35. The van der Waals surface area contributed by atoms with Crippen LogP contribution in [0.1, 0.15) is 59.8 Å². The van der Waals surface area contributed by atoms with Crippen LogP contribution in [-0.2, 0) is 0 Å². The van der Waals surface area contributed by atoms with Crippen LogP contribution in [0.25, 0.3) is 0 Å². The highest BCUT2D eigenvalue weighted by atomic mass is 15.1. The van der Waals surface area contributed by atoms with Crippen molar-refractivity contribution in [2.45, 2.75) is 65.8 Å². The quantitative estimate of drug-likeness (QED) is 0.546. The molecule has 0 saturated carbocycles. The summed E-state index contributed by atoms with van der Waals surface area (Å²) in [6.45, 7) is 14.0. The van der Waals surface area contributed by atoms with Gasteiger partial charge in [-0.3, -0.25) is 0 Å². The lowest BCUT2D eigenvalue weighted by Crippen LogP contribution is -2.33. The minimum atomic E-state index is 0.753. The summed E-state index contributed by atoms with van der Waals surface area (Å²) in [5.41, 5.74) is 0. The van der Waals surface area contributed by atoms with Gasteiger partial charge in [0, 0.05) is 6.04 Å². The van der Waals surface area contributed by atoms with E-state index >= 15 is 0 Å². The predicted octanol–water partition coefficient (Wildman–Crippen LogP) is 3.28. The Hall–Kier alpha value is -0.0800. The van der Waals surface area contributed by atoms with Crippen LogP contribution in [0.3, 0.4) is 0 Å². The Bertz CT molecular complexity index is 137. The Morgan fingerprint density at radius 1 is 1.00 bits per heavy atom. The van der Waals surface area contributed by atoms with Crippen molar-refractivity contribution in [3.63, 3.8) is 0 Å². The van der Waals surface area contributed by atoms with Crippen LogP contribution < -0.4 is 5.32 Å². The lowest BCUT2D eigenvalue weighted by atomic mass is 10.2. The first-order chi connectivity index (χ1) is 7.76. The summed E-state index contributed by atoms with van der Waals surface area (Å²) >= 11 is 0. The number of hydrogen-bond acceptors (Lipinski definition) is 2. The maximum absolute atomic E-state index is 3.46. The molecule has 2 heteroatoms. The molecule has 16 heavy (non-hydrogen) atoms. The second-order valence-electron chi connectivity index (χ2n) is 4.70. The van der Waals surface area contributed by atoms with Gasteiger partial charge >= 0.3 is 0 Å². The van der Waals surface area contributed by atoms with Crippen LogP contribution in [-0.4, -0.2) is 37.1 Å². The lowest BCUT2D eigenvalue weighted by Gasteiger charge is -2.26. The summed E-state index contributed by atoms with van der Waals surface area (Å²) in [5.74, 6) is 0. The minimum absolute atomic E-state index is 0.753. The molecule has 1 unspecified atom stereocenters. The van der Waals surface area contributed by atoms with Crippen molar-refractivity contribution in [3.05, 3.63) is 0 Å². The van der Waals surface area contributed by atoms with Gasteiger partial charge in [-0.15, -0.1) is 0 Å². The molecule has 0 heterocycles.